The number of carbonyl (C=O) groups excluding carboxylic acids is 1. The smallest absolute Gasteiger partial charge is 0.248 e. The third-order valence-corrected chi connectivity index (χ3v) is 6.15. The van der Waals surface area contributed by atoms with Crippen molar-refractivity contribution in [3.05, 3.63) is 71.3 Å². The van der Waals surface area contributed by atoms with E-state index in [-0.39, 0.29) is 11.8 Å². The van der Waals surface area contributed by atoms with Gasteiger partial charge >= 0.3 is 0 Å². The van der Waals surface area contributed by atoms with Gasteiger partial charge in [-0.2, -0.15) is 4.98 Å². The normalized spacial score (nSPS) is 13.6. The molecule has 1 saturated heterocycles. The molecular formula is C28H32ClN5O3. The molecule has 0 saturated carbocycles. The third kappa shape index (κ3) is 7.15. The molecule has 0 spiro atoms. The number of ether oxygens (including phenoxy) is 2. The van der Waals surface area contributed by atoms with Crippen molar-refractivity contribution in [2.24, 2.45) is 0 Å². The van der Waals surface area contributed by atoms with Crippen molar-refractivity contribution in [3.63, 3.8) is 0 Å². The fourth-order valence-electron chi connectivity index (χ4n) is 3.94. The Morgan fingerprint density at radius 2 is 1.84 bits per heavy atom. The lowest BCUT2D eigenvalue weighted by Gasteiger charge is -2.34. The van der Waals surface area contributed by atoms with Gasteiger partial charge in [0.15, 0.2) is 0 Å². The van der Waals surface area contributed by atoms with Gasteiger partial charge in [-0.25, -0.2) is 0 Å². The second kappa shape index (κ2) is 12.0. The Balaban J connectivity index is 1.49. The molecule has 0 aliphatic carbocycles. The first-order valence-corrected chi connectivity index (χ1v) is 12.5. The van der Waals surface area contributed by atoms with Crippen LogP contribution >= 0.6 is 11.6 Å². The minimum atomic E-state index is -0.202. The number of amides is 1. The monoisotopic (exact) mass is 521 g/mol. The Labute approximate surface area is 222 Å². The largest absolute Gasteiger partial charge is 0.494 e. The van der Waals surface area contributed by atoms with Crippen molar-refractivity contribution >= 4 is 40.4 Å². The minimum absolute atomic E-state index is 0.202. The predicted molar refractivity (Wildman–Crippen MR) is 150 cm³/mol. The zero-order chi connectivity index (χ0) is 26.4. The van der Waals surface area contributed by atoms with Crippen LogP contribution in [0.5, 0.6) is 17.4 Å². The lowest BCUT2D eigenvalue weighted by Crippen LogP contribution is -2.44. The second-order valence-corrected chi connectivity index (χ2v) is 9.53. The Kier molecular flexibility index (Phi) is 8.53. The summed E-state index contributed by atoms with van der Waals surface area (Å²) >= 11 is 6.38. The molecule has 9 heteroatoms. The predicted octanol–water partition coefficient (Wildman–Crippen LogP) is 5.94. The first-order valence-electron chi connectivity index (χ1n) is 12.1. The van der Waals surface area contributed by atoms with Crippen molar-refractivity contribution < 1.29 is 14.3 Å². The highest BCUT2D eigenvalue weighted by Crippen LogP contribution is 2.34. The Hall–Kier alpha value is -3.75. The Morgan fingerprint density at radius 3 is 2.57 bits per heavy atom. The molecule has 2 heterocycles. The van der Waals surface area contributed by atoms with Gasteiger partial charge in [-0.15, -0.1) is 0 Å². The number of rotatable bonds is 8. The van der Waals surface area contributed by atoms with E-state index >= 15 is 0 Å². The van der Waals surface area contributed by atoms with E-state index in [1.807, 2.05) is 26.0 Å². The molecule has 0 atom stereocenters. The molecule has 8 nitrogen and oxygen atoms in total. The van der Waals surface area contributed by atoms with Gasteiger partial charge in [-0.05, 0) is 57.3 Å². The molecule has 0 bridgehead atoms. The van der Waals surface area contributed by atoms with E-state index in [0.29, 0.717) is 22.3 Å². The van der Waals surface area contributed by atoms with E-state index in [2.05, 4.69) is 38.5 Å². The quantitative estimate of drug-likeness (QED) is 0.355. The van der Waals surface area contributed by atoms with Crippen LogP contribution < -0.4 is 25.0 Å². The van der Waals surface area contributed by atoms with Crippen LogP contribution in [0.15, 0.2) is 66.2 Å². The van der Waals surface area contributed by atoms with Crippen LogP contribution in [0.1, 0.15) is 13.8 Å². The maximum atomic E-state index is 12.1. The summed E-state index contributed by atoms with van der Waals surface area (Å²) in [4.78, 5) is 21.3. The molecule has 2 aromatic carbocycles. The summed E-state index contributed by atoms with van der Waals surface area (Å²) < 4.78 is 11.6. The molecule has 37 heavy (non-hydrogen) atoms. The van der Waals surface area contributed by atoms with Crippen molar-refractivity contribution in [1.82, 2.24) is 9.88 Å². The average Bonchev–Trinajstić information content (AvgIpc) is 2.86. The van der Waals surface area contributed by atoms with Crippen molar-refractivity contribution in [2.45, 2.75) is 13.8 Å². The van der Waals surface area contributed by atoms with Gasteiger partial charge in [-0.1, -0.05) is 23.2 Å². The molecule has 0 radical (unpaired) electrons. The second-order valence-electron chi connectivity index (χ2n) is 9.12. The van der Waals surface area contributed by atoms with E-state index < -0.39 is 0 Å². The molecular weight excluding hydrogens is 490 g/mol. The number of allylic oxidation sites excluding steroid dienone is 1. The lowest BCUT2D eigenvalue weighted by atomic mass is 10.2. The number of pyridine rings is 1. The summed E-state index contributed by atoms with van der Waals surface area (Å²) in [6, 6.07) is 16.7. The molecule has 1 aliphatic heterocycles. The van der Waals surface area contributed by atoms with Gasteiger partial charge in [0.25, 0.3) is 0 Å². The minimum Gasteiger partial charge on any atom is -0.494 e. The number of carbonyl (C=O) groups is 1. The number of piperazine rings is 1. The Bertz CT molecular complexity index is 1280. The van der Waals surface area contributed by atoms with E-state index in [4.69, 9.17) is 21.1 Å². The van der Waals surface area contributed by atoms with Crippen LogP contribution in [0.25, 0.3) is 0 Å². The lowest BCUT2D eigenvalue weighted by molar-refractivity contribution is -0.111. The number of aromatic nitrogens is 1. The van der Waals surface area contributed by atoms with Crippen LogP contribution in [-0.4, -0.2) is 56.1 Å². The fraction of sp³-hybridized carbons (Fsp3) is 0.286. The highest BCUT2D eigenvalue weighted by molar-refractivity contribution is 6.31. The number of halogens is 1. The van der Waals surface area contributed by atoms with Crippen molar-refractivity contribution in [2.75, 3.05) is 55.9 Å². The third-order valence-electron chi connectivity index (χ3n) is 5.87. The van der Waals surface area contributed by atoms with E-state index in [1.54, 1.807) is 43.5 Å². The number of likely N-dealkylation sites (N-methyl/N-ethyl adjacent to an activating group) is 1. The number of nitrogens with one attached hydrogen (secondary N) is 2. The first kappa shape index (κ1) is 26.3. The molecule has 0 unspecified atom stereocenters. The zero-order valence-electron chi connectivity index (χ0n) is 21.5. The number of anilines is 4. The maximum Gasteiger partial charge on any atom is 0.248 e. The number of methoxy groups -OCH3 is 1. The highest BCUT2D eigenvalue weighted by atomic mass is 35.5. The van der Waals surface area contributed by atoms with E-state index in [9.17, 15) is 4.79 Å². The SMILES string of the molecule is COc1cc(N2CCN(C)CC2)ccc1Nc1ccc(Cl)c(Oc2cccc(NC(=O)C=C(C)C)c2)n1. The summed E-state index contributed by atoms with van der Waals surface area (Å²) in [7, 11) is 3.80. The van der Waals surface area contributed by atoms with Gasteiger partial charge in [0.2, 0.25) is 11.8 Å². The van der Waals surface area contributed by atoms with Crippen LogP contribution in [0.2, 0.25) is 5.02 Å². The summed E-state index contributed by atoms with van der Waals surface area (Å²) in [5.41, 5.74) is 3.43. The van der Waals surface area contributed by atoms with Crippen molar-refractivity contribution in [3.8, 4) is 17.4 Å². The van der Waals surface area contributed by atoms with Crippen LogP contribution in [0.4, 0.5) is 22.9 Å². The molecule has 4 rings (SSSR count). The van der Waals surface area contributed by atoms with Gasteiger partial charge in [-0.3, -0.25) is 4.79 Å². The molecule has 1 aromatic heterocycles. The standard InChI is InChI=1S/C28H32ClN5O3/c1-19(2)16-27(35)30-20-6-5-7-22(17-20)37-28-23(29)9-11-26(32-28)31-24-10-8-21(18-25(24)36-4)34-14-12-33(3)13-15-34/h5-11,16-18H,12-15H2,1-4H3,(H,30,35)(H,31,32). The van der Waals surface area contributed by atoms with Crippen molar-refractivity contribution in [1.29, 1.82) is 0 Å². The van der Waals surface area contributed by atoms with Crippen LogP contribution in [0, 0.1) is 0 Å². The van der Waals surface area contributed by atoms with Crippen LogP contribution in [0.3, 0.4) is 0 Å². The number of benzene rings is 2. The molecule has 1 fully saturated rings. The number of hydrogen-bond donors (Lipinski definition) is 2. The first-order chi connectivity index (χ1) is 17.8. The van der Waals surface area contributed by atoms with E-state index in [1.165, 1.54) is 6.08 Å². The van der Waals surface area contributed by atoms with Gasteiger partial charge < -0.3 is 29.9 Å². The Morgan fingerprint density at radius 1 is 1.05 bits per heavy atom. The van der Waals surface area contributed by atoms with E-state index in [0.717, 1.165) is 48.9 Å². The summed E-state index contributed by atoms with van der Waals surface area (Å²) in [5.74, 6) is 1.81. The van der Waals surface area contributed by atoms with Crippen LogP contribution in [-0.2, 0) is 4.79 Å². The average molecular weight is 522 g/mol. The van der Waals surface area contributed by atoms with Gasteiger partial charge in [0, 0.05) is 55.8 Å². The van der Waals surface area contributed by atoms with Gasteiger partial charge in [0.1, 0.15) is 22.3 Å². The number of nitrogens with zero attached hydrogens (tertiary/aromatic N) is 3. The molecule has 3 aromatic rings. The highest BCUT2D eigenvalue weighted by Gasteiger charge is 2.16. The maximum absolute atomic E-state index is 12.1. The molecule has 2 N–H and O–H groups in total. The van der Waals surface area contributed by atoms with Gasteiger partial charge in [0.05, 0.1) is 12.8 Å². The fourth-order valence-corrected chi connectivity index (χ4v) is 4.08. The topological polar surface area (TPSA) is 79.0 Å². The summed E-state index contributed by atoms with van der Waals surface area (Å²) in [6.45, 7) is 7.75. The number of hydrogen-bond acceptors (Lipinski definition) is 7. The molecule has 194 valence electrons. The molecule has 1 amide bonds. The summed E-state index contributed by atoms with van der Waals surface area (Å²) in [5, 5.41) is 6.49. The zero-order valence-corrected chi connectivity index (χ0v) is 22.3. The summed E-state index contributed by atoms with van der Waals surface area (Å²) in [6.07, 6.45) is 1.53. The molecule has 1 aliphatic rings.